The van der Waals surface area contributed by atoms with Crippen molar-refractivity contribution in [2.24, 2.45) is 0 Å². The molecular formula is C20H13N5O4S. The third-order valence-electron chi connectivity index (χ3n) is 4.18. The Labute approximate surface area is 173 Å². The maximum Gasteiger partial charge on any atom is 0.272 e. The lowest BCUT2D eigenvalue weighted by Gasteiger charge is -2.09. The zero-order valence-electron chi connectivity index (χ0n) is 15.2. The molecule has 10 heteroatoms. The van der Waals surface area contributed by atoms with Gasteiger partial charge in [-0.15, -0.1) is 11.3 Å². The quantitative estimate of drug-likeness (QED) is 0.386. The number of nitro groups is 1. The largest absolute Gasteiger partial charge is 0.272 e. The molecule has 0 atom stereocenters. The molecule has 2 aromatic carbocycles. The molecule has 0 aliphatic carbocycles. The normalized spacial score (nSPS) is 10.5. The number of aromatic nitrogens is 2. The molecule has 0 aliphatic heterocycles. The summed E-state index contributed by atoms with van der Waals surface area (Å²) in [4.78, 5) is 43.8. The van der Waals surface area contributed by atoms with E-state index in [0.717, 1.165) is 10.2 Å². The predicted molar refractivity (Wildman–Crippen MR) is 111 cm³/mol. The van der Waals surface area contributed by atoms with Gasteiger partial charge in [0.1, 0.15) is 10.7 Å². The number of amides is 2. The van der Waals surface area contributed by atoms with Crippen molar-refractivity contribution in [2.75, 3.05) is 0 Å². The summed E-state index contributed by atoms with van der Waals surface area (Å²) < 4.78 is 0.969. The second kappa shape index (κ2) is 8.05. The number of carbonyl (C=O) groups excluding carboxylic acids is 2. The van der Waals surface area contributed by atoms with Crippen LogP contribution in [0.3, 0.4) is 0 Å². The van der Waals surface area contributed by atoms with E-state index in [1.807, 2.05) is 24.3 Å². The molecule has 2 aromatic heterocycles. The molecule has 148 valence electrons. The number of nitrogens with zero attached hydrogens (tertiary/aromatic N) is 3. The second-order valence-corrected chi connectivity index (χ2v) is 7.13. The molecule has 0 bridgehead atoms. The number of thiazole rings is 1. The molecule has 0 spiro atoms. The van der Waals surface area contributed by atoms with E-state index in [9.17, 15) is 19.7 Å². The van der Waals surface area contributed by atoms with Crippen molar-refractivity contribution in [1.29, 1.82) is 0 Å². The standard InChI is InChI=1S/C20H13N5O4S/c26-18(12-7-9-13(10-8-12)25(28)29)23-24-19(27)14-4-3-11-21-17(14)20-22-15-5-1-2-6-16(15)30-20/h1-11H,(H,23,26)(H,24,27). The van der Waals surface area contributed by atoms with Crippen LogP contribution < -0.4 is 10.9 Å². The van der Waals surface area contributed by atoms with Crippen molar-refractivity contribution >= 4 is 39.1 Å². The molecule has 9 nitrogen and oxygen atoms in total. The molecule has 2 amide bonds. The minimum absolute atomic E-state index is 0.133. The molecule has 0 saturated heterocycles. The van der Waals surface area contributed by atoms with Crippen LogP contribution in [0.25, 0.3) is 20.9 Å². The minimum atomic E-state index is -0.608. The summed E-state index contributed by atoms with van der Waals surface area (Å²) in [5, 5.41) is 11.3. The van der Waals surface area contributed by atoms with Gasteiger partial charge in [0.15, 0.2) is 0 Å². The summed E-state index contributed by atoms with van der Waals surface area (Å²) >= 11 is 1.41. The fourth-order valence-electron chi connectivity index (χ4n) is 2.72. The molecule has 4 aromatic rings. The number of pyridine rings is 1. The van der Waals surface area contributed by atoms with Crippen molar-refractivity contribution in [2.45, 2.75) is 0 Å². The molecule has 0 fully saturated rings. The fourth-order valence-corrected chi connectivity index (χ4v) is 3.70. The van der Waals surface area contributed by atoms with Crippen LogP contribution in [0.5, 0.6) is 0 Å². The van der Waals surface area contributed by atoms with Gasteiger partial charge in [-0.3, -0.25) is 35.5 Å². The highest BCUT2D eigenvalue weighted by atomic mass is 32.1. The van der Waals surface area contributed by atoms with Gasteiger partial charge in [-0.05, 0) is 36.4 Å². The number of non-ortho nitro benzene ring substituents is 1. The number of hydrogen-bond acceptors (Lipinski definition) is 7. The Balaban J connectivity index is 1.51. The van der Waals surface area contributed by atoms with Crippen LogP contribution in [-0.4, -0.2) is 26.7 Å². The summed E-state index contributed by atoms with van der Waals surface area (Å²) in [5.74, 6) is -1.17. The maximum atomic E-state index is 12.7. The van der Waals surface area contributed by atoms with Gasteiger partial charge in [0.05, 0.1) is 20.7 Å². The van der Waals surface area contributed by atoms with E-state index in [4.69, 9.17) is 0 Å². The van der Waals surface area contributed by atoms with E-state index < -0.39 is 16.7 Å². The lowest BCUT2D eigenvalue weighted by molar-refractivity contribution is -0.384. The van der Waals surface area contributed by atoms with Crippen LogP contribution in [0.1, 0.15) is 20.7 Å². The number of carbonyl (C=O) groups is 2. The monoisotopic (exact) mass is 419 g/mol. The van der Waals surface area contributed by atoms with E-state index in [1.165, 1.54) is 35.6 Å². The predicted octanol–water partition coefficient (Wildman–Crippen LogP) is 3.34. The Morgan fingerprint density at radius 3 is 2.40 bits per heavy atom. The summed E-state index contributed by atoms with van der Waals surface area (Å²) in [7, 11) is 0. The molecule has 4 rings (SSSR count). The van der Waals surface area contributed by atoms with Gasteiger partial charge in [-0.25, -0.2) is 4.98 Å². The number of hydrogen-bond donors (Lipinski definition) is 2. The zero-order valence-corrected chi connectivity index (χ0v) is 16.1. The van der Waals surface area contributed by atoms with Gasteiger partial charge in [-0.1, -0.05) is 12.1 Å². The molecular weight excluding hydrogens is 406 g/mol. The van der Waals surface area contributed by atoms with Gasteiger partial charge < -0.3 is 0 Å². The topological polar surface area (TPSA) is 127 Å². The zero-order chi connectivity index (χ0) is 21.1. The smallest absolute Gasteiger partial charge is 0.267 e. The lowest BCUT2D eigenvalue weighted by atomic mass is 10.2. The SMILES string of the molecule is O=C(NNC(=O)c1cccnc1-c1nc2ccccc2s1)c1ccc([N+](=O)[O-])cc1. The van der Waals surface area contributed by atoms with E-state index in [-0.39, 0.29) is 16.8 Å². The number of rotatable bonds is 4. The molecule has 0 saturated carbocycles. The molecule has 0 aliphatic rings. The Bertz CT molecular complexity index is 1240. The summed E-state index contributed by atoms with van der Waals surface area (Å²) in [5.41, 5.74) is 6.13. The number of para-hydroxylation sites is 1. The number of hydrazine groups is 1. The number of fused-ring (bicyclic) bond motifs is 1. The van der Waals surface area contributed by atoms with Gasteiger partial charge in [0, 0.05) is 23.9 Å². The van der Waals surface area contributed by atoms with Crippen LogP contribution in [0.2, 0.25) is 0 Å². The Morgan fingerprint density at radius 2 is 1.67 bits per heavy atom. The van der Waals surface area contributed by atoms with E-state index in [0.29, 0.717) is 10.7 Å². The minimum Gasteiger partial charge on any atom is -0.267 e. The van der Waals surface area contributed by atoms with Crippen molar-refractivity contribution in [3.05, 3.63) is 88.1 Å². The van der Waals surface area contributed by atoms with Crippen molar-refractivity contribution < 1.29 is 14.5 Å². The first-order valence-corrected chi connectivity index (χ1v) is 9.50. The number of nitrogens with one attached hydrogen (secondary N) is 2. The van der Waals surface area contributed by atoms with Gasteiger partial charge in [-0.2, -0.15) is 0 Å². The molecule has 0 unspecified atom stereocenters. The third-order valence-corrected chi connectivity index (χ3v) is 5.22. The molecule has 2 N–H and O–H groups in total. The second-order valence-electron chi connectivity index (χ2n) is 6.10. The van der Waals surface area contributed by atoms with Crippen molar-refractivity contribution in [3.8, 4) is 10.7 Å². The van der Waals surface area contributed by atoms with Gasteiger partial charge >= 0.3 is 0 Å². The first kappa shape index (κ1) is 19.2. The maximum absolute atomic E-state index is 12.7. The highest BCUT2D eigenvalue weighted by molar-refractivity contribution is 7.21. The van der Waals surface area contributed by atoms with E-state index >= 15 is 0 Å². The van der Waals surface area contributed by atoms with Crippen LogP contribution in [0.4, 0.5) is 5.69 Å². The van der Waals surface area contributed by atoms with E-state index in [1.54, 1.807) is 18.3 Å². The third kappa shape index (κ3) is 3.84. The average molecular weight is 419 g/mol. The van der Waals surface area contributed by atoms with Gasteiger partial charge in [0.25, 0.3) is 17.5 Å². The molecule has 2 heterocycles. The Morgan fingerprint density at radius 1 is 0.933 bits per heavy atom. The first-order chi connectivity index (χ1) is 14.5. The Hall–Kier alpha value is -4.18. The van der Waals surface area contributed by atoms with E-state index in [2.05, 4.69) is 20.8 Å². The first-order valence-electron chi connectivity index (χ1n) is 8.69. The number of nitro benzene ring substituents is 1. The Kier molecular flexibility index (Phi) is 5.14. The van der Waals surface area contributed by atoms with Crippen LogP contribution in [0.15, 0.2) is 66.9 Å². The van der Waals surface area contributed by atoms with Crippen LogP contribution in [0, 0.1) is 10.1 Å². The lowest BCUT2D eigenvalue weighted by Crippen LogP contribution is -2.41. The van der Waals surface area contributed by atoms with Crippen LogP contribution in [-0.2, 0) is 0 Å². The molecule has 30 heavy (non-hydrogen) atoms. The fraction of sp³-hybridized carbons (Fsp3) is 0. The highest BCUT2D eigenvalue weighted by Crippen LogP contribution is 2.30. The van der Waals surface area contributed by atoms with Crippen molar-refractivity contribution in [3.63, 3.8) is 0 Å². The van der Waals surface area contributed by atoms with Crippen molar-refractivity contribution in [1.82, 2.24) is 20.8 Å². The number of benzene rings is 2. The average Bonchev–Trinajstić information content (AvgIpc) is 3.21. The van der Waals surface area contributed by atoms with Crippen LogP contribution >= 0.6 is 11.3 Å². The summed E-state index contributed by atoms with van der Waals surface area (Å²) in [6.45, 7) is 0. The summed E-state index contributed by atoms with van der Waals surface area (Å²) in [6.07, 6.45) is 1.56. The summed E-state index contributed by atoms with van der Waals surface area (Å²) in [6, 6.07) is 15.8. The van der Waals surface area contributed by atoms with Gasteiger partial charge in [0.2, 0.25) is 0 Å². The highest BCUT2D eigenvalue weighted by Gasteiger charge is 2.18. The molecule has 0 radical (unpaired) electrons.